The third-order valence-electron chi connectivity index (χ3n) is 2.00. The van der Waals surface area contributed by atoms with Gasteiger partial charge in [0.1, 0.15) is 5.75 Å². The molecule has 1 aromatic carbocycles. The van der Waals surface area contributed by atoms with E-state index in [0.717, 1.165) is 14.9 Å². The normalized spacial score (nSPS) is 10.1. The number of ether oxygens (including phenoxy) is 1. The van der Waals surface area contributed by atoms with Crippen LogP contribution < -0.4 is 4.74 Å². The summed E-state index contributed by atoms with van der Waals surface area (Å²) in [5, 5.41) is 8.87. The molecule has 0 fully saturated rings. The molecule has 0 saturated carbocycles. The third kappa shape index (κ3) is 2.93. The van der Waals surface area contributed by atoms with Gasteiger partial charge >= 0.3 is 0 Å². The predicted octanol–water partition coefficient (Wildman–Crippen LogP) is 2.97. The summed E-state index contributed by atoms with van der Waals surface area (Å²) >= 11 is 2.23. The lowest BCUT2D eigenvalue weighted by molar-refractivity contribution is 0.281. The van der Waals surface area contributed by atoms with Crippen LogP contribution in [-0.2, 0) is 6.61 Å². The molecule has 0 saturated heterocycles. The lowest BCUT2D eigenvalue weighted by atomic mass is 10.3. The van der Waals surface area contributed by atoms with Gasteiger partial charge in [-0.05, 0) is 52.4 Å². The summed E-state index contributed by atoms with van der Waals surface area (Å²) in [7, 11) is 0. The van der Waals surface area contributed by atoms with Crippen LogP contribution in [0.4, 0.5) is 0 Å². The monoisotopic (exact) mass is 327 g/mol. The standard InChI is InChI=1S/C12H10INO2/c13-10-2-1-3-11(6-10)16-12-5-4-9(8-15)7-14-12/h1-7,15H,8H2. The Bertz CT molecular complexity index is 471. The minimum atomic E-state index is -0.00346. The summed E-state index contributed by atoms with van der Waals surface area (Å²) in [5.41, 5.74) is 0.773. The van der Waals surface area contributed by atoms with Gasteiger partial charge in [-0.1, -0.05) is 6.07 Å². The quantitative estimate of drug-likeness (QED) is 0.882. The van der Waals surface area contributed by atoms with Crippen LogP contribution in [0.25, 0.3) is 0 Å². The highest BCUT2D eigenvalue weighted by Gasteiger charge is 1.99. The van der Waals surface area contributed by atoms with E-state index in [-0.39, 0.29) is 6.61 Å². The molecule has 1 heterocycles. The molecule has 0 aliphatic heterocycles. The minimum absolute atomic E-state index is 0.00346. The fourth-order valence-electron chi connectivity index (χ4n) is 1.22. The van der Waals surface area contributed by atoms with Gasteiger partial charge in [0.15, 0.2) is 0 Å². The first-order valence-electron chi connectivity index (χ1n) is 4.77. The Balaban J connectivity index is 2.14. The largest absolute Gasteiger partial charge is 0.439 e. The Morgan fingerprint density at radius 1 is 1.25 bits per heavy atom. The number of nitrogens with zero attached hydrogens (tertiary/aromatic N) is 1. The van der Waals surface area contributed by atoms with Crippen molar-refractivity contribution >= 4 is 22.6 Å². The summed E-state index contributed by atoms with van der Waals surface area (Å²) in [6, 6.07) is 11.3. The molecule has 2 rings (SSSR count). The lowest BCUT2D eigenvalue weighted by Crippen LogP contribution is -1.90. The molecule has 2 aromatic rings. The van der Waals surface area contributed by atoms with Gasteiger partial charge in [0.05, 0.1) is 6.61 Å². The zero-order chi connectivity index (χ0) is 11.4. The second-order valence-electron chi connectivity index (χ2n) is 3.22. The van der Waals surface area contributed by atoms with E-state index < -0.39 is 0 Å². The summed E-state index contributed by atoms with van der Waals surface area (Å²) in [6.07, 6.45) is 1.60. The summed E-state index contributed by atoms with van der Waals surface area (Å²) in [4.78, 5) is 4.09. The van der Waals surface area contributed by atoms with Crippen molar-refractivity contribution in [2.24, 2.45) is 0 Å². The number of halogens is 1. The molecule has 4 heteroatoms. The van der Waals surface area contributed by atoms with Crippen LogP contribution in [-0.4, -0.2) is 10.1 Å². The molecule has 0 spiro atoms. The average Bonchev–Trinajstić information content (AvgIpc) is 2.30. The van der Waals surface area contributed by atoms with Crippen LogP contribution in [0, 0.1) is 3.57 Å². The number of aromatic nitrogens is 1. The topological polar surface area (TPSA) is 42.4 Å². The molecule has 16 heavy (non-hydrogen) atoms. The van der Waals surface area contributed by atoms with Crippen LogP contribution in [0.1, 0.15) is 5.56 Å². The Morgan fingerprint density at radius 2 is 2.12 bits per heavy atom. The van der Waals surface area contributed by atoms with Crippen molar-refractivity contribution in [1.82, 2.24) is 4.98 Å². The van der Waals surface area contributed by atoms with Gasteiger partial charge in [0, 0.05) is 15.8 Å². The van der Waals surface area contributed by atoms with Crippen LogP contribution >= 0.6 is 22.6 Å². The zero-order valence-electron chi connectivity index (χ0n) is 8.43. The number of pyridine rings is 1. The fourth-order valence-corrected chi connectivity index (χ4v) is 1.73. The lowest BCUT2D eigenvalue weighted by Gasteiger charge is -2.05. The highest BCUT2D eigenvalue weighted by Crippen LogP contribution is 2.21. The Morgan fingerprint density at radius 3 is 2.75 bits per heavy atom. The maximum Gasteiger partial charge on any atom is 0.219 e. The van der Waals surface area contributed by atoms with E-state index in [4.69, 9.17) is 9.84 Å². The van der Waals surface area contributed by atoms with Crippen molar-refractivity contribution < 1.29 is 9.84 Å². The molecule has 0 aliphatic carbocycles. The molecule has 0 radical (unpaired) electrons. The first-order chi connectivity index (χ1) is 7.78. The number of aliphatic hydroxyl groups excluding tert-OH is 1. The van der Waals surface area contributed by atoms with Gasteiger partial charge in [-0.15, -0.1) is 0 Å². The van der Waals surface area contributed by atoms with Gasteiger partial charge in [0.2, 0.25) is 5.88 Å². The molecule has 82 valence electrons. The van der Waals surface area contributed by atoms with Crippen molar-refractivity contribution in [3.8, 4) is 11.6 Å². The second kappa shape index (κ2) is 5.27. The van der Waals surface area contributed by atoms with Gasteiger partial charge < -0.3 is 9.84 Å². The summed E-state index contributed by atoms with van der Waals surface area (Å²) in [5.74, 6) is 1.29. The van der Waals surface area contributed by atoms with Crippen LogP contribution in [0.15, 0.2) is 42.6 Å². The zero-order valence-corrected chi connectivity index (χ0v) is 10.6. The SMILES string of the molecule is OCc1ccc(Oc2cccc(I)c2)nc1. The van der Waals surface area contributed by atoms with Gasteiger partial charge in [-0.2, -0.15) is 0 Å². The highest BCUT2D eigenvalue weighted by molar-refractivity contribution is 14.1. The van der Waals surface area contributed by atoms with E-state index in [2.05, 4.69) is 27.6 Å². The summed E-state index contributed by atoms with van der Waals surface area (Å²) < 4.78 is 6.67. The van der Waals surface area contributed by atoms with Crippen molar-refractivity contribution in [3.05, 3.63) is 51.7 Å². The first-order valence-corrected chi connectivity index (χ1v) is 5.85. The number of rotatable bonds is 3. The van der Waals surface area contributed by atoms with E-state index in [1.807, 2.05) is 24.3 Å². The molecule has 3 nitrogen and oxygen atoms in total. The molecule has 0 unspecified atom stereocenters. The number of aliphatic hydroxyl groups is 1. The third-order valence-corrected chi connectivity index (χ3v) is 2.67. The van der Waals surface area contributed by atoms with E-state index in [1.54, 1.807) is 18.3 Å². The average molecular weight is 327 g/mol. The van der Waals surface area contributed by atoms with Crippen molar-refractivity contribution in [1.29, 1.82) is 0 Å². The minimum Gasteiger partial charge on any atom is -0.439 e. The van der Waals surface area contributed by atoms with Crippen molar-refractivity contribution in [2.45, 2.75) is 6.61 Å². The van der Waals surface area contributed by atoms with Crippen LogP contribution in [0.5, 0.6) is 11.6 Å². The summed E-state index contributed by atoms with van der Waals surface area (Å²) in [6.45, 7) is -0.00346. The molecule has 1 N–H and O–H groups in total. The van der Waals surface area contributed by atoms with Crippen LogP contribution in [0.2, 0.25) is 0 Å². The molecule has 0 aliphatic rings. The Labute approximate surface area is 107 Å². The Hall–Kier alpha value is -1.14. The van der Waals surface area contributed by atoms with Crippen LogP contribution in [0.3, 0.4) is 0 Å². The molecule has 1 aromatic heterocycles. The first kappa shape index (κ1) is 11.3. The maximum absolute atomic E-state index is 8.87. The number of benzene rings is 1. The molecule has 0 amide bonds. The van der Waals surface area contributed by atoms with Crippen molar-refractivity contribution in [2.75, 3.05) is 0 Å². The van der Waals surface area contributed by atoms with E-state index in [1.165, 1.54) is 0 Å². The second-order valence-corrected chi connectivity index (χ2v) is 4.47. The maximum atomic E-state index is 8.87. The van der Waals surface area contributed by atoms with Gasteiger partial charge in [-0.3, -0.25) is 0 Å². The number of hydrogen-bond donors (Lipinski definition) is 1. The molecule has 0 atom stereocenters. The highest BCUT2D eigenvalue weighted by atomic mass is 127. The Kier molecular flexibility index (Phi) is 3.74. The number of hydrogen-bond acceptors (Lipinski definition) is 3. The fraction of sp³-hybridized carbons (Fsp3) is 0.0833. The molecular formula is C12H10INO2. The van der Waals surface area contributed by atoms with Crippen molar-refractivity contribution in [3.63, 3.8) is 0 Å². The predicted molar refractivity (Wildman–Crippen MR) is 69.4 cm³/mol. The molecular weight excluding hydrogens is 317 g/mol. The molecule has 0 bridgehead atoms. The van der Waals surface area contributed by atoms with Gasteiger partial charge in [-0.25, -0.2) is 4.98 Å². The van der Waals surface area contributed by atoms with Gasteiger partial charge in [0.25, 0.3) is 0 Å². The smallest absolute Gasteiger partial charge is 0.219 e. The van der Waals surface area contributed by atoms with E-state index >= 15 is 0 Å². The van der Waals surface area contributed by atoms with E-state index in [9.17, 15) is 0 Å². The van der Waals surface area contributed by atoms with E-state index in [0.29, 0.717) is 5.88 Å².